The van der Waals surface area contributed by atoms with Gasteiger partial charge in [-0.05, 0) is 38.3 Å². The molecule has 1 aromatic carbocycles. The fraction of sp³-hybridized carbons (Fsp3) is 0.353. The van der Waals surface area contributed by atoms with E-state index in [4.69, 9.17) is 10.2 Å². The van der Waals surface area contributed by atoms with Crippen LogP contribution in [0.5, 0.6) is 0 Å². The van der Waals surface area contributed by atoms with Gasteiger partial charge in [-0.1, -0.05) is 18.2 Å². The molecule has 0 saturated heterocycles. The van der Waals surface area contributed by atoms with E-state index in [0.29, 0.717) is 24.2 Å². The Kier molecular flexibility index (Phi) is 7.26. The monoisotopic (exact) mass is 409 g/mol. The third-order valence-corrected chi connectivity index (χ3v) is 4.55. The van der Waals surface area contributed by atoms with Crippen LogP contribution in [0, 0.1) is 6.92 Å². The number of nitrogens with zero attached hydrogens (tertiary/aromatic N) is 1. The maximum atomic E-state index is 12.6. The molecule has 10 nitrogen and oxygen atoms in total. The fourth-order valence-corrected chi connectivity index (χ4v) is 3.17. The van der Waals surface area contributed by atoms with E-state index in [1.807, 2.05) is 24.3 Å². The Hall–Kier alpha value is -2.76. The lowest BCUT2D eigenvalue weighted by Gasteiger charge is -2.18. The summed E-state index contributed by atoms with van der Waals surface area (Å²) >= 11 is 0. The summed E-state index contributed by atoms with van der Waals surface area (Å²) < 4.78 is 23.8. The second-order valence-electron chi connectivity index (χ2n) is 6.25. The van der Waals surface area contributed by atoms with Crippen molar-refractivity contribution in [3.63, 3.8) is 0 Å². The van der Waals surface area contributed by atoms with Crippen LogP contribution < -0.4 is 20.5 Å². The number of nitrogens with one attached hydrogen (secondary N) is 3. The van der Waals surface area contributed by atoms with Crippen molar-refractivity contribution in [1.82, 2.24) is 15.0 Å². The zero-order valence-corrected chi connectivity index (χ0v) is 16.1. The minimum absolute atomic E-state index is 0.106. The van der Waals surface area contributed by atoms with Crippen LogP contribution >= 0.6 is 0 Å². The number of pyridine rings is 1. The van der Waals surface area contributed by atoms with Crippen molar-refractivity contribution < 1.29 is 23.1 Å². The molecule has 152 valence electrons. The number of carbonyl (C=O) groups is 2. The molecule has 2 rings (SSSR count). The number of aromatic nitrogens is 1. The van der Waals surface area contributed by atoms with Gasteiger partial charge in [-0.25, -0.2) is 14.7 Å². The number of amides is 2. The average Bonchev–Trinajstić information content (AvgIpc) is 2.59. The van der Waals surface area contributed by atoms with Gasteiger partial charge in [0.2, 0.25) is 5.91 Å². The number of para-hydroxylation sites is 1. The van der Waals surface area contributed by atoms with Crippen LogP contribution in [0.2, 0.25) is 0 Å². The molecule has 1 heterocycles. The number of anilines is 1. The summed E-state index contributed by atoms with van der Waals surface area (Å²) in [6, 6.07) is 8.03. The first kappa shape index (κ1) is 21.5. The molecule has 2 amide bonds. The molecule has 0 radical (unpaired) electrons. The first-order chi connectivity index (χ1) is 13.2. The van der Waals surface area contributed by atoms with Gasteiger partial charge in [-0.3, -0.25) is 9.78 Å². The van der Waals surface area contributed by atoms with E-state index >= 15 is 0 Å². The minimum Gasteiger partial charge on any atom is -0.465 e. The molecule has 0 aliphatic heterocycles. The molecule has 1 aromatic heterocycles. The van der Waals surface area contributed by atoms with Gasteiger partial charge in [0.05, 0.1) is 11.2 Å². The number of aryl methyl sites for hydroxylation is 1. The zero-order chi connectivity index (χ0) is 20.7. The van der Waals surface area contributed by atoms with Crippen LogP contribution in [0.15, 0.2) is 30.3 Å². The van der Waals surface area contributed by atoms with Crippen LogP contribution in [0.1, 0.15) is 25.0 Å². The SMILES string of the molecule is Cc1cc(NC(=O)C(CCCCNS(N)(=O)=O)NC(=O)O)c2ccccc2n1. The minimum atomic E-state index is -3.77. The van der Waals surface area contributed by atoms with Crippen LogP contribution in [0.3, 0.4) is 0 Å². The van der Waals surface area contributed by atoms with Crippen molar-refractivity contribution in [2.75, 3.05) is 11.9 Å². The van der Waals surface area contributed by atoms with Gasteiger partial charge in [0.25, 0.3) is 10.2 Å². The Labute approximate surface area is 162 Å². The lowest BCUT2D eigenvalue weighted by atomic mass is 10.1. The zero-order valence-electron chi connectivity index (χ0n) is 15.3. The van der Waals surface area contributed by atoms with Crippen LogP contribution in [-0.4, -0.2) is 43.1 Å². The van der Waals surface area contributed by atoms with Crippen molar-refractivity contribution in [2.24, 2.45) is 5.14 Å². The van der Waals surface area contributed by atoms with Crippen LogP contribution in [0.25, 0.3) is 10.9 Å². The van der Waals surface area contributed by atoms with Crippen molar-refractivity contribution in [3.8, 4) is 0 Å². The van der Waals surface area contributed by atoms with Crippen molar-refractivity contribution in [2.45, 2.75) is 32.2 Å². The first-order valence-electron chi connectivity index (χ1n) is 8.60. The summed E-state index contributed by atoms with van der Waals surface area (Å²) in [6.45, 7) is 1.90. The number of rotatable bonds is 9. The van der Waals surface area contributed by atoms with Crippen molar-refractivity contribution in [3.05, 3.63) is 36.0 Å². The Morgan fingerprint density at radius 2 is 1.96 bits per heavy atom. The van der Waals surface area contributed by atoms with Gasteiger partial charge in [-0.2, -0.15) is 8.42 Å². The molecule has 0 fully saturated rings. The van der Waals surface area contributed by atoms with E-state index in [1.54, 1.807) is 13.0 Å². The molecule has 2 aromatic rings. The Bertz CT molecular complexity index is 964. The summed E-state index contributed by atoms with van der Waals surface area (Å²) in [5.74, 6) is -0.502. The molecule has 0 bridgehead atoms. The normalized spacial score (nSPS) is 12.5. The van der Waals surface area contributed by atoms with E-state index in [1.165, 1.54) is 0 Å². The molecule has 6 N–H and O–H groups in total. The number of fused-ring (bicyclic) bond motifs is 1. The average molecular weight is 409 g/mol. The predicted molar refractivity (Wildman–Crippen MR) is 105 cm³/mol. The number of carbonyl (C=O) groups excluding carboxylic acids is 1. The second-order valence-corrected chi connectivity index (χ2v) is 7.63. The van der Waals surface area contributed by atoms with E-state index < -0.39 is 28.3 Å². The van der Waals surface area contributed by atoms with E-state index in [9.17, 15) is 18.0 Å². The van der Waals surface area contributed by atoms with Crippen LogP contribution in [0.4, 0.5) is 10.5 Å². The quantitative estimate of drug-likeness (QED) is 0.389. The topological polar surface area (TPSA) is 164 Å². The highest BCUT2D eigenvalue weighted by molar-refractivity contribution is 7.87. The Morgan fingerprint density at radius 1 is 1.25 bits per heavy atom. The number of hydrogen-bond acceptors (Lipinski definition) is 5. The number of unbranched alkanes of at least 4 members (excludes halogenated alkanes) is 1. The summed E-state index contributed by atoms with van der Waals surface area (Å²) in [7, 11) is -3.77. The number of hydrogen-bond donors (Lipinski definition) is 5. The van der Waals surface area contributed by atoms with Gasteiger partial charge < -0.3 is 15.7 Å². The van der Waals surface area contributed by atoms with Gasteiger partial charge >= 0.3 is 6.09 Å². The highest BCUT2D eigenvalue weighted by atomic mass is 32.2. The maximum absolute atomic E-state index is 12.6. The van der Waals surface area contributed by atoms with Crippen molar-refractivity contribution in [1.29, 1.82) is 0 Å². The summed E-state index contributed by atoms with van der Waals surface area (Å²) in [6.07, 6.45) is -0.305. The third kappa shape index (κ3) is 6.76. The first-order valence-corrected chi connectivity index (χ1v) is 10.1. The standard InChI is InChI=1S/C17H23N5O5S/c1-11-10-15(12-6-2-3-7-13(12)20-11)21-16(23)14(22-17(24)25)8-4-5-9-19-28(18,26)27/h2-3,6-7,10,14,19,22H,4-5,8-9H2,1H3,(H,24,25)(H2,18,26,27)(H,20,21,23). The highest BCUT2D eigenvalue weighted by Crippen LogP contribution is 2.23. The molecular formula is C17H23N5O5S. The third-order valence-electron chi connectivity index (χ3n) is 3.94. The Morgan fingerprint density at radius 3 is 2.64 bits per heavy atom. The molecule has 1 unspecified atom stereocenters. The second kappa shape index (κ2) is 9.44. The smallest absolute Gasteiger partial charge is 0.405 e. The lowest BCUT2D eigenvalue weighted by molar-refractivity contribution is -0.118. The Balaban J connectivity index is 2.06. The number of benzene rings is 1. The van der Waals surface area contributed by atoms with E-state index in [0.717, 1.165) is 10.9 Å². The molecule has 1 atom stereocenters. The fourth-order valence-electron chi connectivity index (χ4n) is 2.74. The van der Waals surface area contributed by atoms with Gasteiger partial charge in [0, 0.05) is 17.6 Å². The van der Waals surface area contributed by atoms with E-state index in [2.05, 4.69) is 20.3 Å². The van der Waals surface area contributed by atoms with Gasteiger partial charge in [0.1, 0.15) is 6.04 Å². The largest absolute Gasteiger partial charge is 0.465 e. The molecule has 28 heavy (non-hydrogen) atoms. The van der Waals surface area contributed by atoms with Crippen LogP contribution in [-0.2, 0) is 15.0 Å². The number of carboxylic acid groups (broad SMARTS) is 1. The predicted octanol–water partition coefficient (Wildman–Crippen LogP) is 1.08. The van der Waals surface area contributed by atoms with Crippen molar-refractivity contribution >= 4 is 38.8 Å². The number of nitrogens with two attached hydrogens (primary N) is 1. The highest BCUT2D eigenvalue weighted by Gasteiger charge is 2.21. The summed E-state index contributed by atoms with van der Waals surface area (Å²) in [4.78, 5) is 28.1. The maximum Gasteiger partial charge on any atom is 0.405 e. The molecule has 11 heteroatoms. The van der Waals surface area contributed by atoms with Gasteiger partial charge in [0.15, 0.2) is 0 Å². The molecular weight excluding hydrogens is 386 g/mol. The lowest BCUT2D eigenvalue weighted by Crippen LogP contribution is -2.43. The molecule has 0 spiro atoms. The molecule has 0 saturated carbocycles. The van der Waals surface area contributed by atoms with E-state index in [-0.39, 0.29) is 13.0 Å². The molecule has 0 aliphatic carbocycles. The summed E-state index contributed by atoms with van der Waals surface area (Å²) in [5, 5.41) is 19.6. The summed E-state index contributed by atoms with van der Waals surface area (Å²) in [5.41, 5.74) is 1.97. The van der Waals surface area contributed by atoms with Gasteiger partial charge in [-0.15, -0.1) is 0 Å². The molecule has 0 aliphatic rings.